The van der Waals surface area contributed by atoms with Gasteiger partial charge in [-0.15, -0.1) is 23.7 Å². The molecule has 1 heterocycles. The van der Waals surface area contributed by atoms with Crippen LogP contribution in [0, 0.1) is 0 Å². The second kappa shape index (κ2) is 3.44. The van der Waals surface area contributed by atoms with E-state index in [1.54, 1.807) is 11.3 Å². The molecule has 1 aromatic rings. The fourth-order valence-electron chi connectivity index (χ4n) is 1.07. The summed E-state index contributed by atoms with van der Waals surface area (Å²) >= 11 is 5.22. The number of thiophene rings is 1. The molecule has 1 fully saturated rings. The van der Waals surface area contributed by atoms with Crippen molar-refractivity contribution in [2.24, 2.45) is 5.73 Å². The lowest BCUT2D eigenvalue weighted by Gasteiger charge is -1.86. The van der Waals surface area contributed by atoms with Crippen molar-refractivity contribution in [3.63, 3.8) is 0 Å². The summed E-state index contributed by atoms with van der Waals surface area (Å²) in [7, 11) is 0. The summed E-state index contributed by atoms with van der Waals surface area (Å²) in [6.45, 7) is 0. The summed E-state index contributed by atoms with van der Waals surface area (Å²) < 4.78 is 1.21. The van der Waals surface area contributed by atoms with Crippen LogP contribution in [-0.2, 0) is 0 Å². The smallest absolute Gasteiger partial charge is 0.0701 e. The first-order valence-electron chi connectivity index (χ1n) is 3.28. The molecule has 1 nitrogen and oxygen atoms in total. The van der Waals surface area contributed by atoms with Crippen LogP contribution in [0.1, 0.15) is 17.2 Å². The Bertz CT molecular complexity index is 250. The van der Waals surface area contributed by atoms with Gasteiger partial charge in [0.05, 0.1) is 3.79 Å². The van der Waals surface area contributed by atoms with Crippen LogP contribution < -0.4 is 5.73 Å². The molecule has 62 valence electrons. The van der Waals surface area contributed by atoms with Crippen LogP contribution >= 0.6 is 39.7 Å². The maximum atomic E-state index is 5.70. The Hall–Kier alpha value is 0.430. The quantitative estimate of drug-likeness (QED) is 0.819. The second-order valence-corrected chi connectivity index (χ2v) is 5.14. The molecule has 4 heteroatoms. The third-order valence-corrected chi connectivity index (χ3v) is 3.55. The highest BCUT2D eigenvalue weighted by Crippen LogP contribution is 2.43. The molecule has 2 N–H and O–H groups in total. The zero-order valence-corrected chi connectivity index (χ0v) is 9.01. The summed E-state index contributed by atoms with van der Waals surface area (Å²) in [6, 6.07) is 4.68. The Morgan fingerprint density at radius 1 is 1.55 bits per heavy atom. The highest BCUT2D eigenvalue weighted by Gasteiger charge is 2.35. The van der Waals surface area contributed by atoms with E-state index in [1.165, 1.54) is 15.1 Å². The molecular formula is C7H9BrClNS. The van der Waals surface area contributed by atoms with Crippen molar-refractivity contribution in [1.82, 2.24) is 0 Å². The van der Waals surface area contributed by atoms with Crippen molar-refractivity contribution in [2.75, 3.05) is 0 Å². The third-order valence-electron chi connectivity index (χ3n) is 1.80. The maximum Gasteiger partial charge on any atom is 0.0701 e. The van der Waals surface area contributed by atoms with Crippen molar-refractivity contribution >= 4 is 39.7 Å². The van der Waals surface area contributed by atoms with Crippen molar-refractivity contribution in [3.05, 3.63) is 20.8 Å². The molecule has 1 aliphatic carbocycles. The molecule has 1 aliphatic rings. The highest BCUT2D eigenvalue weighted by molar-refractivity contribution is 9.11. The Labute approximate surface area is 84.5 Å². The van der Waals surface area contributed by atoms with Crippen LogP contribution in [0.3, 0.4) is 0 Å². The lowest BCUT2D eigenvalue weighted by atomic mass is 10.3. The lowest BCUT2D eigenvalue weighted by Crippen LogP contribution is -1.99. The van der Waals surface area contributed by atoms with Gasteiger partial charge in [-0.25, -0.2) is 0 Å². The molecule has 0 bridgehead atoms. The van der Waals surface area contributed by atoms with Crippen molar-refractivity contribution in [3.8, 4) is 0 Å². The Balaban J connectivity index is 0.000000605. The van der Waals surface area contributed by atoms with Crippen LogP contribution in [0.5, 0.6) is 0 Å². The summed E-state index contributed by atoms with van der Waals surface area (Å²) in [4.78, 5) is 1.43. The average Bonchev–Trinajstić information content (AvgIpc) is 2.42. The number of hydrogen-bond acceptors (Lipinski definition) is 2. The van der Waals surface area contributed by atoms with Gasteiger partial charge in [-0.1, -0.05) is 0 Å². The van der Waals surface area contributed by atoms with E-state index in [0.717, 1.165) is 0 Å². The summed E-state index contributed by atoms with van der Waals surface area (Å²) in [6.07, 6.45) is 1.17. The molecular weight excluding hydrogens is 246 g/mol. The van der Waals surface area contributed by atoms with E-state index in [0.29, 0.717) is 12.0 Å². The first kappa shape index (κ1) is 9.52. The molecule has 0 saturated heterocycles. The van der Waals surface area contributed by atoms with Crippen molar-refractivity contribution < 1.29 is 0 Å². The van der Waals surface area contributed by atoms with Crippen LogP contribution in [0.4, 0.5) is 0 Å². The van der Waals surface area contributed by atoms with Gasteiger partial charge in [0, 0.05) is 16.8 Å². The fourth-order valence-corrected chi connectivity index (χ4v) is 2.68. The predicted molar refractivity (Wildman–Crippen MR) is 54.6 cm³/mol. The van der Waals surface area contributed by atoms with Gasteiger partial charge < -0.3 is 5.73 Å². The van der Waals surface area contributed by atoms with Crippen LogP contribution in [0.15, 0.2) is 15.9 Å². The van der Waals surface area contributed by atoms with Crippen LogP contribution in [-0.4, -0.2) is 6.04 Å². The van der Waals surface area contributed by atoms with Crippen molar-refractivity contribution in [1.29, 1.82) is 0 Å². The largest absolute Gasteiger partial charge is 0.327 e. The Morgan fingerprint density at radius 2 is 2.18 bits per heavy atom. The van der Waals surface area contributed by atoms with Crippen LogP contribution in [0.25, 0.3) is 0 Å². The molecule has 11 heavy (non-hydrogen) atoms. The molecule has 2 atom stereocenters. The summed E-state index contributed by atoms with van der Waals surface area (Å²) in [5.41, 5.74) is 5.70. The minimum absolute atomic E-state index is 0. The molecule has 0 amide bonds. The van der Waals surface area contributed by atoms with E-state index in [-0.39, 0.29) is 12.4 Å². The van der Waals surface area contributed by atoms with E-state index in [1.807, 2.05) is 0 Å². The molecule has 1 aromatic heterocycles. The summed E-state index contributed by atoms with van der Waals surface area (Å²) in [5, 5.41) is 0. The molecule has 2 rings (SSSR count). The normalized spacial score (nSPS) is 27.8. The van der Waals surface area contributed by atoms with Gasteiger partial charge in [0.25, 0.3) is 0 Å². The molecule has 0 aromatic carbocycles. The first-order chi connectivity index (χ1) is 4.77. The number of halogens is 2. The fraction of sp³-hybridized carbons (Fsp3) is 0.429. The van der Waals surface area contributed by atoms with Gasteiger partial charge in [0.15, 0.2) is 0 Å². The minimum Gasteiger partial charge on any atom is -0.327 e. The summed E-state index contributed by atoms with van der Waals surface area (Å²) in [5.74, 6) is 0.663. The number of nitrogens with two attached hydrogens (primary N) is 1. The van der Waals surface area contributed by atoms with Gasteiger partial charge in [0.2, 0.25) is 0 Å². The topological polar surface area (TPSA) is 26.0 Å². The highest BCUT2D eigenvalue weighted by atomic mass is 79.9. The molecule has 0 spiro atoms. The van der Waals surface area contributed by atoms with Crippen molar-refractivity contribution in [2.45, 2.75) is 18.4 Å². The third kappa shape index (κ3) is 1.96. The monoisotopic (exact) mass is 253 g/mol. The lowest BCUT2D eigenvalue weighted by molar-refractivity contribution is 1.01. The number of rotatable bonds is 1. The zero-order chi connectivity index (χ0) is 7.14. The standard InChI is InChI=1S/C7H8BrNS.ClH/c8-7-2-1-6(10-7)4-3-5(4)9;/h1-2,4-5H,3,9H2;1H. The van der Waals surface area contributed by atoms with E-state index in [4.69, 9.17) is 5.73 Å². The van der Waals surface area contributed by atoms with Gasteiger partial charge in [-0.3, -0.25) is 0 Å². The Kier molecular flexibility index (Phi) is 2.97. The molecule has 0 aliphatic heterocycles. The Morgan fingerprint density at radius 3 is 2.55 bits per heavy atom. The second-order valence-electron chi connectivity index (χ2n) is 2.65. The first-order valence-corrected chi connectivity index (χ1v) is 4.89. The van der Waals surface area contributed by atoms with E-state index < -0.39 is 0 Å². The predicted octanol–water partition coefficient (Wildman–Crippen LogP) is 2.75. The van der Waals surface area contributed by atoms with Gasteiger partial charge >= 0.3 is 0 Å². The van der Waals surface area contributed by atoms with Gasteiger partial charge in [-0.05, 0) is 34.5 Å². The van der Waals surface area contributed by atoms with Gasteiger partial charge in [0.1, 0.15) is 0 Å². The molecule has 1 saturated carbocycles. The van der Waals surface area contributed by atoms with E-state index in [9.17, 15) is 0 Å². The van der Waals surface area contributed by atoms with E-state index >= 15 is 0 Å². The van der Waals surface area contributed by atoms with Crippen LogP contribution in [0.2, 0.25) is 0 Å². The minimum atomic E-state index is 0. The maximum absolute atomic E-state index is 5.70. The molecule has 0 radical (unpaired) electrons. The SMILES string of the molecule is Cl.NC1CC1c1ccc(Br)s1. The number of hydrogen-bond donors (Lipinski definition) is 1. The molecule has 2 unspecified atom stereocenters. The van der Waals surface area contributed by atoms with Gasteiger partial charge in [-0.2, -0.15) is 0 Å². The zero-order valence-electron chi connectivity index (χ0n) is 5.79. The van der Waals surface area contributed by atoms with E-state index in [2.05, 4.69) is 28.1 Å². The average molecular weight is 255 g/mol.